The van der Waals surface area contributed by atoms with E-state index < -0.39 is 0 Å². The van der Waals surface area contributed by atoms with Crippen molar-refractivity contribution < 1.29 is 4.79 Å². The maximum atomic E-state index is 12.5. The fourth-order valence-corrected chi connectivity index (χ4v) is 3.00. The molecule has 2 aromatic heterocycles. The fraction of sp³-hybridized carbons (Fsp3) is 0.190. The maximum absolute atomic E-state index is 12.5. The summed E-state index contributed by atoms with van der Waals surface area (Å²) in [6.45, 7) is 1.95. The van der Waals surface area contributed by atoms with Crippen molar-refractivity contribution in [2.24, 2.45) is 0 Å². The number of benzene rings is 1. The van der Waals surface area contributed by atoms with Crippen molar-refractivity contribution in [1.29, 1.82) is 0 Å². The van der Waals surface area contributed by atoms with Gasteiger partial charge < -0.3 is 5.32 Å². The molecule has 0 atom stereocenters. The molecule has 26 heavy (non-hydrogen) atoms. The van der Waals surface area contributed by atoms with Gasteiger partial charge in [-0.25, -0.2) is 9.97 Å². The van der Waals surface area contributed by atoms with Gasteiger partial charge in [0.2, 0.25) is 0 Å². The molecule has 0 bridgehead atoms. The Morgan fingerprint density at radius 2 is 1.85 bits per heavy atom. The van der Waals surface area contributed by atoms with Crippen LogP contribution < -0.4 is 5.32 Å². The highest BCUT2D eigenvalue weighted by molar-refractivity contribution is 7.98. The van der Waals surface area contributed by atoms with E-state index in [1.807, 2.05) is 67.8 Å². The highest BCUT2D eigenvalue weighted by Gasteiger charge is 2.11. The third kappa shape index (κ3) is 4.92. The van der Waals surface area contributed by atoms with Crippen molar-refractivity contribution in [1.82, 2.24) is 9.97 Å². The van der Waals surface area contributed by atoms with Gasteiger partial charge in [-0.1, -0.05) is 30.3 Å². The van der Waals surface area contributed by atoms with E-state index in [2.05, 4.69) is 15.3 Å². The zero-order valence-electron chi connectivity index (χ0n) is 14.9. The second kappa shape index (κ2) is 8.63. The van der Waals surface area contributed by atoms with Crippen LogP contribution in [0.2, 0.25) is 0 Å². The Hall–Kier alpha value is -2.66. The lowest BCUT2D eigenvalue weighted by Gasteiger charge is -2.12. The minimum absolute atomic E-state index is 0.144. The summed E-state index contributed by atoms with van der Waals surface area (Å²) >= 11 is 1.59. The van der Waals surface area contributed by atoms with Crippen molar-refractivity contribution in [2.75, 3.05) is 11.6 Å². The van der Waals surface area contributed by atoms with Crippen LogP contribution in [0.25, 0.3) is 0 Å². The molecule has 0 amide bonds. The van der Waals surface area contributed by atoms with Crippen LogP contribution >= 0.6 is 11.8 Å². The summed E-state index contributed by atoms with van der Waals surface area (Å²) in [7, 11) is 0. The van der Waals surface area contributed by atoms with E-state index >= 15 is 0 Å². The van der Waals surface area contributed by atoms with Crippen LogP contribution in [0, 0.1) is 6.92 Å². The predicted molar refractivity (Wildman–Crippen MR) is 107 cm³/mol. The molecular weight excluding hydrogens is 342 g/mol. The third-order valence-electron chi connectivity index (χ3n) is 3.95. The quantitative estimate of drug-likeness (QED) is 0.622. The number of aryl methyl sites for hydroxylation is 1. The van der Waals surface area contributed by atoms with Crippen LogP contribution in [0.3, 0.4) is 0 Å². The summed E-state index contributed by atoms with van der Waals surface area (Å²) in [6.07, 6.45) is 4.48. The summed E-state index contributed by atoms with van der Waals surface area (Å²) in [4.78, 5) is 21.4. The van der Waals surface area contributed by atoms with Gasteiger partial charge in [0.05, 0.1) is 5.03 Å². The van der Waals surface area contributed by atoms with E-state index in [-0.39, 0.29) is 5.78 Å². The number of Topliss-reactive ketones (excluding diaryl/α,β-unsaturated/α-hetero) is 1. The zero-order chi connectivity index (χ0) is 18.4. The first-order valence-corrected chi connectivity index (χ1v) is 9.66. The number of hydrogen-bond donors (Lipinski definition) is 1. The molecule has 0 radical (unpaired) electrons. The fourth-order valence-electron chi connectivity index (χ4n) is 2.63. The van der Waals surface area contributed by atoms with Crippen molar-refractivity contribution in [3.63, 3.8) is 0 Å². The van der Waals surface area contributed by atoms with Gasteiger partial charge >= 0.3 is 0 Å². The number of pyridine rings is 2. The van der Waals surface area contributed by atoms with Crippen molar-refractivity contribution in [3.05, 3.63) is 77.6 Å². The van der Waals surface area contributed by atoms with E-state index in [1.165, 1.54) is 0 Å². The number of thioether (sulfide) groups is 1. The number of aromatic nitrogens is 2. The molecule has 0 spiro atoms. The maximum Gasteiger partial charge on any atom is 0.141 e. The zero-order valence-corrected chi connectivity index (χ0v) is 15.7. The molecule has 3 rings (SSSR count). The van der Waals surface area contributed by atoms with E-state index in [4.69, 9.17) is 0 Å². The molecule has 3 aromatic rings. The molecule has 2 heterocycles. The minimum atomic E-state index is 0.144. The van der Waals surface area contributed by atoms with Gasteiger partial charge in [0.15, 0.2) is 0 Å². The lowest BCUT2D eigenvalue weighted by atomic mass is 10.0. The van der Waals surface area contributed by atoms with Gasteiger partial charge in [0, 0.05) is 36.0 Å². The molecule has 0 saturated carbocycles. The second-order valence-electron chi connectivity index (χ2n) is 6.05. The first kappa shape index (κ1) is 18.1. The molecule has 5 heteroatoms. The molecule has 0 aliphatic rings. The average Bonchev–Trinajstić information content (AvgIpc) is 2.65. The summed E-state index contributed by atoms with van der Waals surface area (Å²) in [5.41, 5.74) is 3.70. The Bertz CT molecular complexity index is 880. The number of ketones is 1. The highest BCUT2D eigenvalue weighted by Crippen LogP contribution is 2.20. The van der Waals surface area contributed by atoms with Crippen LogP contribution in [0.1, 0.15) is 16.8 Å². The topological polar surface area (TPSA) is 54.9 Å². The molecule has 132 valence electrons. The van der Waals surface area contributed by atoms with Gasteiger partial charge in [-0.05, 0) is 43.0 Å². The van der Waals surface area contributed by atoms with E-state index in [0.717, 1.165) is 33.4 Å². The van der Waals surface area contributed by atoms with E-state index in [9.17, 15) is 4.79 Å². The van der Waals surface area contributed by atoms with Crippen LogP contribution in [0.4, 0.5) is 11.5 Å². The van der Waals surface area contributed by atoms with Crippen LogP contribution in [0.5, 0.6) is 0 Å². The normalized spacial score (nSPS) is 10.5. The van der Waals surface area contributed by atoms with Gasteiger partial charge in [0.1, 0.15) is 11.6 Å². The molecular formula is C21H21N3OS. The molecule has 0 aliphatic carbocycles. The molecule has 0 aliphatic heterocycles. The standard InChI is InChI=1S/C21H21N3OS/c1-15-8-10-17(21(23-15)24-18-6-4-3-5-7-18)13-19(25)12-16-9-11-20(26-2)22-14-16/h3-11,14H,12-13H2,1-2H3,(H,23,24). The van der Waals surface area contributed by atoms with Crippen molar-refractivity contribution in [3.8, 4) is 0 Å². The number of nitrogens with zero attached hydrogens (tertiary/aromatic N) is 2. The number of para-hydroxylation sites is 1. The number of rotatable bonds is 7. The number of anilines is 2. The molecule has 4 nitrogen and oxygen atoms in total. The second-order valence-corrected chi connectivity index (χ2v) is 6.88. The molecule has 0 unspecified atom stereocenters. The van der Waals surface area contributed by atoms with Crippen LogP contribution in [-0.4, -0.2) is 22.0 Å². The number of nitrogens with one attached hydrogen (secondary N) is 1. The minimum Gasteiger partial charge on any atom is -0.340 e. The summed E-state index contributed by atoms with van der Waals surface area (Å²) in [5, 5.41) is 4.28. The van der Waals surface area contributed by atoms with Crippen LogP contribution in [-0.2, 0) is 17.6 Å². The van der Waals surface area contributed by atoms with Gasteiger partial charge in [-0.3, -0.25) is 4.79 Å². The largest absolute Gasteiger partial charge is 0.340 e. The van der Waals surface area contributed by atoms with Crippen molar-refractivity contribution >= 4 is 29.1 Å². The number of carbonyl (C=O) groups is 1. The average molecular weight is 363 g/mol. The predicted octanol–water partition coefficient (Wildman–Crippen LogP) is 4.60. The third-order valence-corrected chi connectivity index (χ3v) is 4.61. The Morgan fingerprint density at radius 1 is 1.04 bits per heavy atom. The molecule has 1 N–H and O–H groups in total. The Balaban J connectivity index is 1.72. The SMILES string of the molecule is CSc1ccc(CC(=O)Cc2ccc(C)nc2Nc2ccccc2)cn1. The van der Waals surface area contributed by atoms with Crippen molar-refractivity contribution in [2.45, 2.75) is 24.8 Å². The molecule has 1 aromatic carbocycles. The monoisotopic (exact) mass is 363 g/mol. The highest BCUT2D eigenvalue weighted by atomic mass is 32.2. The van der Waals surface area contributed by atoms with Gasteiger partial charge in [-0.15, -0.1) is 11.8 Å². The molecule has 0 fully saturated rings. The first-order valence-electron chi connectivity index (χ1n) is 8.43. The number of carbonyl (C=O) groups excluding carboxylic acids is 1. The van der Waals surface area contributed by atoms with Gasteiger partial charge in [0.25, 0.3) is 0 Å². The molecule has 0 saturated heterocycles. The van der Waals surface area contributed by atoms with E-state index in [0.29, 0.717) is 12.8 Å². The van der Waals surface area contributed by atoms with Gasteiger partial charge in [-0.2, -0.15) is 0 Å². The lowest BCUT2D eigenvalue weighted by molar-refractivity contribution is -0.117. The number of hydrogen-bond acceptors (Lipinski definition) is 5. The Morgan fingerprint density at radius 3 is 2.54 bits per heavy atom. The Labute approximate surface area is 158 Å². The Kier molecular flexibility index (Phi) is 6.02. The van der Waals surface area contributed by atoms with E-state index in [1.54, 1.807) is 18.0 Å². The smallest absolute Gasteiger partial charge is 0.141 e. The summed E-state index contributed by atoms with van der Waals surface area (Å²) in [6, 6.07) is 17.7. The van der Waals surface area contributed by atoms with Crippen LogP contribution in [0.15, 0.2) is 65.8 Å². The first-order chi connectivity index (χ1) is 12.6. The summed E-state index contributed by atoms with van der Waals surface area (Å²) < 4.78 is 0. The lowest BCUT2D eigenvalue weighted by Crippen LogP contribution is -2.10. The summed E-state index contributed by atoms with van der Waals surface area (Å²) in [5.74, 6) is 0.880.